The number of aryl methyl sites for hydroxylation is 1. The molecule has 0 N–H and O–H groups in total. The second kappa shape index (κ2) is 8.83. The zero-order valence-corrected chi connectivity index (χ0v) is 15.8. The van der Waals surface area contributed by atoms with Crippen LogP contribution in [-0.2, 0) is 22.4 Å². The monoisotopic (exact) mass is 367 g/mol. The maximum absolute atomic E-state index is 12.5. The van der Waals surface area contributed by atoms with Gasteiger partial charge in [0.1, 0.15) is 23.5 Å². The first kappa shape index (κ1) is 19.1. The number of pyridine rings is 1. The zero-order valence-electron chi connectivity index (χ0n) is 15.8. The highest BCUT2D eigenvalue weighted by Gasteiger charge is 2.29. The molecule has 1 aromatic rings. The first-order valence-corrected chi connectivity index (χ1v) is 9.57. The second-order valence-electron chi connectivity index (χ2n) is 7.04. The third-order valence-electron chi connectivity index (χ3n) is 5.36. The maximum Gasteiger partial charge on any atom is 0.242 e. The van der Waals surface area contributed by atoms with Crippen molar-refractivity contribution in [2.75, 3.05) is 44.8 Å². The summed E-state index contributed by atoms with van der Waals surface area (Å²) in [6.07, 6.45) is 5.99. The third kappa shape index (κ3) is 4.04. The summed E-state index contributed by atoms with van der Waals surface area (Å²) in [5.41, 5.74) is 2.63. The summed E-state index contributed by atoms with van der Waals surface area (Å²) in [7, 11) is 1.62. The van der Waals surface area contributed by atoms with Crippen LogP contribution in [0.5, 0.6) is 0 Å². The largest absolute Gasteiger partial charge is 0.383 e. The number of amides is 1. The third-order valence-corrected chi connectivity index (χ3v) is 5.36. The number of hydrogen-bond acceptors (Lipinski definition) is 6. The topological polar surface area (TPSA) is 93.2 Å². The number of hydrogen-bond donors (Lipinski definition) is 0. The van der Waals surface area contributed by atoms with E-state index in [4.69, 9.17) is 9.72 Å². The van der Waals surface area contributed by atoms with Gasteiger partial charge in [0.15, 0.2) is 0 Å². The molecule has 0 unspecified atom stereocenters. The molecule has 0 bridgehead atoms. The molecular formula is C20H25N5O2. The summed E-state index contributed by atoms with van der Waals surface area (Å²) in [5, 5.41) is 19.5. The van der Waals surface area contributed by atoms with Crippen LogP contribution in [0, 0.1) is 22.7 Å². The van der Waals surface area contributed by atoms with Gasteiger partial charge < -0.3 is 14.5 Å². The van der Waals surface area contributed by atoms with Crippen LogP contribution in [0.4, 0.5) is 5.82 Å². The summed E-state index contributed by atoms with van der Waals surface area (Å²) in [6.45, 7) is 2.41. The van der Waals surface area contributed by atoms with E-state index in [2.05, 4.69) is 12.1 Å². The lowest BCUT2D eigenvalue weighted by atomic mass is 9.91. The average molecular weight is 367 g/mol. The minimum absolute atomic E-state index is 0.00533. The van der Waals surface area contributed by atoms with Gasteiger partial charge in [0.05, 0.1) is 18.7 Å². The molecule has 0 spiro atoms. The number of methoxy groups -OCH3 is 1. The number of carbonyl (C=O) groups is 1. The van der Waals surface area contributed by atoms with Crippen molar-refractivity contribution in [3.63, 3.8) is 0 Å². The summed E-state index contributed by atoms with van der Waals surface area (Å²) >= 11 is 0. The van der Waals surface area contributed by atoms with Gasteiger partial charge in [0.2, 0.25) is 5.91 Å². The van der Waals surface area contributed by atoms with Crippen molar-refractivity contribution >= 4 is 11.7 Å². The summed E-state index contributed by atoms with van der Waals surface area (Å²) in [5.74, 6) is 0.488. The SMILES string of the molecule is COCCN1CCN(c2nc3c(c(C#N)c2C#N)CCCCCC3)CC1=O. The molecular weight excluding hydrogens is 342 g/mol. The molecule has 7 nitrogen and oxygen atoms in total. The quantitative estimate of drug-likeness (QED) is 0.805. The van der Waals surface area contributed by atoms with Gasteiger partial charge in [-0.05, 0) is 31.2 Å². The van der Waals surface area contributed by atoms with Crippen LogP contribution in [0.15, 0.2) is 0 Å². The first-order chi connectivity index (χ1) is 13.2. The molecule has 1 amide bonds. The van der Waals surface area contributed by atoms with Gasteiger partial charge in [-0.3, -0.25) is 4.79 Å². The van der Waals surface area contributed by atoms with E-state index in [0.29, 0.717) is 43.2 Å². The fraction of sp³-hybridized carbons (Fsp3) is 0.600. The Bertz CT molecular complexity index is 793. The van der Waals surface area contributed by atoms with Gasteiger partial charge in [-0.2, -0.15) is 10.5 Å². The normalized spacial score (nSPS) is 17.5. The van der Waals surface area contributed by atoms with Crippen molar-refractivity contribution in [1.29, 1.82) is 10.5 Å². The molecule has 1 aliphatic carbocycles. The Labute approximate surface area is 160 Å². The number of nitrogens with zero attached hydrogens (tertiary/aromatic N) is 5. The molecule has 2 heterocycles. The van der Waals surface area contributed by atoms with Crippen molar-refractivity contribution in [2.45, 2.75) is 38.5 Å². The molecule has 1 saturated heterocycles. The minimum atomic E-state index is -0.00533. The van der Waals surface area contributed by atoms with E-state index in [1.165, 1.54) is 0 Å². The van der Waals surface area contributed by atoms with E-state index in [-0.39, 0.29) is 12.5 Å². The lowest BCUT2D eigenvalue weighted by Crippen LogP contribution is -2.51. The second-order valence-corrected chi connectivity index (χ2v) is 7.04. The van der Waals surface area contributed by atoms with E-state index >= 15 is 0 Å². The molecule has 3 rings (SSSR count). The van der Waals surface area contributed by atoms with E-state index in [0.717, 1.165) is 49.8 Å². The van der Waals surface area contributed by atoms with Gasteiger partial charge in [0, 0.05) is 32.4 Å². The van der Waals surface area contributed by atoms with Gasteiger partial charge in [-0.15, -0.1) is 0 Å². The number of piperazine rings is 1. The highest BCUT2D eigenvalue weighted by molar-refractivity contribution is 5.83. The lowest BCUT2D eigenvalue weighted by Gasteiger charge is -2.35. The number of nitriles is 2. The van der Waals surface area contributed by atoms with Crippen molar-refractivity contribution in [1.82, 2.24) is 9.88 Å². The Balaban J connectivity index is 1.94. The van der Waals surface area contributed by atoms with Crippen LogP contribution in [0.3, 0.4) is 0 Å². The summed E-state index contributed by atoms with van der Waals surface area (Å²) in [6, 6.07) is 4.44. The Morgan fingerprint density at radius 2 is 1.81 bits per heavy atom. The fourth-order valence-electron chi connectivity index (χ4n) is 3.87. The molecule has 0 radical (unpaired) electrons. The Hall–Kier alpha value is -2.64. The predicted molar refractivity (Wildman–Crippen MR) is 100 cm³/mol. The van der Waals surface area contributed by atoms with Crippen molar-refractivity contribution in [3.05, 3.63) is 22.4 Å². The standard InChI is InChI=1S/C20H25N5O2/c1-27-11-10-24-8-9-25(14-19(24)26)20-17(13-22)16(12-21)15-6-4-2-3-5-7-18(15)23-20/h2-11,14H2,1H3. The van der Waals surface area contributed by atoms with Crippen molar-refractivity contribution < 1.29 is 9.53 Å². The van der Waals surface area contributed by atoms with Gasteiger partial charge in [0.25, 0.3) is 0 Å². The number of fused-ring (bicyclic) bond motifs is 1. The Morgan fingerprint density at radius 3 is 2.48 bits per heavy atom. The molecule has 142 valence electrons. The molecule has 1 aliphatic heterocycles. The summed E-state index contributed by atoms with van der Waals surface area (Å²) in [4.78, 5) is 20.9. The van der Waals surface area contributed by atoms with E-state index in [1.54, 1.807) is 12.0 Å². The smallest absolute Gasteiger partial charge is 0.242 e. The molecule has 0 aromatic carbocycles. The molecule has 1 aromatic heterocycles. The first-order valence-electron chi connectivity index (χ1n) is 9.57. The van der Waals surface area contributed by atoms with Crippen LogP contribution in [0.1, 0.15) is 48.1 Å². The van der Waals surface area contributed by atoms with Crippen LogP contribution >= 0.6 is 0 Å². The molecule has 0 saturated carbocycles. The fourth-order valence-corrected chi connectivity index (χ4v) is 3.87. The van der Waals surface area contributed by atoms with Crippen LogP contribution in [0.2, 0.25) is 0 Å². The molecule has 27 heavy (non-hydrogen) atoms. The zero-order chi connectivity index (χ0) is 19.2. The van der Waals surface area contributed by atoms with E-state index < -0.39 is 0 Å². The van der Waals surface area contributed by atoms with Crippen LogP contribution in [0.25, 0.3) is 0 Å². The predicted octanol–water partition coefficient (Wildman–Crippen LogP) is 1.78. The maximum atomic E-state index is 12.5. The van der Waals surface area contributed by atoms with Gasteiger partial charge in [-0.25, -0.2) is 4.98 Å². The Kier molecular flexibility index (Phi) is 6.26. The van der Waals surface area contributed by atoms with Crippen LogP contribution in [-0.4, -0.2) is 55.7 Å². The number of aromatic nitrogens is 1. The number of ether oxygens (including phenoxy) is 1. The molecule has 7 heteroatoms. The average Bonchev–Trinajstić information content (AvgIpc) is 2.66. The van der Waals surface area contributed by atoms with E-state index in [1.807, 2.05) is 4.90 Å². The molecule has 1 fully saturated rings. The molecule has 2 aliphatic rings. The number of anilines is 1. The minimum Gasteiger partial charge on any atom is -0.383 e. The van der Waals surface area contributed by atoms with Gasteiger partial charge >= 0.3 is 0 Å². The highest BCUT2D eigenvalue weighted by atomic mass is 16.5. The van der Waals surface area contributed by atoms with Crippen molar-refractivity contribution in [2.24, 2.45) is 0 Å². The Morgan fingerprint density at radius 1 is 1.07 bits per heavy atom. The number of rotatable bonds is 4. The lowest BCUT2D eigenvalue weighted by molar-refractivity contribution is -0.131. The summed E-state index contributed by atoms with van der Waals surface area (Å²) < 4.78 is 5.06. The van der Waals surface area contributed by atoms with Crippen molar-refractivity contribution in [3.8, 4) is 12.1 Å². The highest BCUT2D eigenvalue weighted by Crippen LogP contribution is 2.30. The molecule has 0 atom stereocenters. The van der Waals surface area contributed by atoms with Crippen LogP contribution < -0.4 is 4.90 Å². The van der Waals surface area contributed by atoms with E-state index in [9.17, 15) is 15.3 Å². The number of carbonyl (C=O) groups excluding carboxylic acids is 1. The van der Waals surface area contributed by atoms with Gasteiger partial charge in [-0.1, -0.05) is 12.8 Å².